The fourth-order valence-electron chi connectivity index (χ4n) is 7.19. The van der Waals surface area contributed by atoms with Crippen LogP contribution >= 0.6 is 0 Å². The molecule has 1 atom stereocenters. The van der Waals surface area contributed by atoms with Crippen molar-refractivity contribution in [2.75, 3.05) is 13.2 Å². The highest BCUT2D eigenvalue weighted by atomic mass is 16.6. The molecule has 0 aromatic heterocycles. The second-order valence-corrected chi connectivity index (χ2v) is 17.4. The lowest BCUT2D eigenvalue weighted by Gasteiger charge is -2.18. The monoisotopic (exact) mass is 879 g/mol. The first-order chi connectivity index (χ1) is 31.0. The highest BCUT2D eigenvalue weighted by Gasteiger charge is 2.19. The summed E-state index contributed by atoms with van der Waals surface area (Å²) in [7, 11) is 0. The first-order valence-electron chi connectivity index (χ1n) is 26.4. The van der Waals surface area contributed by atoms with E-state index in [9.17, 15) is 14.4 Å². The lowest BCUT2D eigenvalue weighted by molar-refractivity contribution is -0.167. The van der Waals surface area contributed by atoms with E-state index in [1.807, 2.05) is 0 Å². The van der Waals surface area contributed by atoms with Crippen molar-refractivity contribution in [3.8, 4) is 0 Å². The summed E-state index contributed by atoms with van der Waals surface area (Å²) in [6.07, 6.45) is 64.5. The quantitative estimate of drug-likeness (QED) is 0.0262. The van der Waals surface area contributed by atoms with Crippen LogP contribution in [-0.4, -0.2) is 37.2 Å². The van der Waals surface area contributed by atoms with E-state index in [4.69, 9.17) is 14.2 Å². The van der Waals surface area contributed by atoms with Crippen LogP contribution in [0.2, 0.25) is 0 Å². The lowest BCUT2D eigenvalue weighted by atomic mass is 10.1. The number of carbonyl (C=O) groups excluding carboxylic acids is 3. The molecule has 0 spiro atoms. The zero-order valence-corrected chi connectivity index (χ0v) is 41.3. The molecule has 6 nitrogen and oxygen atoms in total. The Morgan fingerprint density at radius 1 is 0.333 bits per heavy atom. The van der Waals surface area contributed by atoms with Gasteiger partial charge in [0.05, 0.1) is 0 Å². The van der Waals surface area contributed by atoms with Gasteiger partial charge in [0.15, 0.2) is 6.10 Å². The molecule has 362 valence electrons. The number of ether oxygens (including phenoxy) is 3. The van der Waals surface area contributed by atoms with Crippen LogP contribution in [0, 0.1) is 0 Å². The predicted molar refractivity (Wildman–Crippen MR) is 270 cm³/mol. The number of rotatable bonds is 47. The van der Waals surface area contributed by atoms with Crippen molar-refractivity contribution in [2.24, 2.45) is 0 Å². The average Bonchev–Trinajstić information content (AvgIpc) is 3.28. The van der Waals surface area contributed by atoms with Crippen LogP contribution in [0.5, 0.6) is 0 Å². The van der Waals surface area contributed by atoms with Crippen LogP contribution in [0.15, 0.2) is 72.9 Å². The second kappa shape index (κ2) is 51.5. The Morgan fingerprint density at radius 3 is 1.02 bits per heavy atom. The van der Waals surface area contributed by atoms with Crippen LogP contribution < -0.4 is 0 Å². The van der Waals surface area contributed by atoms with Gasteiger partial charge in [-0.2, -0.15) is 0 Å². The molecule has 0 radical (unpaired) electrons. The molecule has 0 aliphatic heterocycles. The maximum Gasteiger partial charge on any atom is 0.306 e. The fraction of sp³-hybridized carbons (Fsp3) is 0.737. The minimum absolute atomic E-state index is 0.0917. The molecule has 0 saturated carbocycles. The van der Waals surface area contributed by atoms with Gasteiger partial charge in [-0.15, -0.1) is 0 Å². The second-order valence-electron chi connectivity index (χ2n) is 17.4. The Kier molecular flexibility index (Phi) is 48.9. The topological polar surface area (TPSA) is 78.9 Å². The molecule has 0 aliphatic carbocycles. The minimum Gasteiger partial charge on any atom is -0.462 e. The molecular weight excluding hydrogens is 781 g/mol. The van der Waals surface area contributed by atoms with Crippen LogP contribution in [0.4, 0.5) is 0 Å². The van der Waals surface area contributed by atoms with Gasteiger partial charge in [0, 0.05) is 19.3 Å². The summed E-state index contributed by atoms with van der Waals surface area (Å²) >= 11 is 0. The van der Waals surface area contributed by atoms with E-state index in [2.05, 4.69) is 93.7 Å². The van der Waals surface area contributed by atoms with E-state index in [0.717, 1.165) is 135 Å². The highest BCUT2D eigenvalue weighted by Crippen LogP contribution is 2.14. The maximum atomic E-state index is 12.8. The van der Waals surface area contributed by atoms with Crippen molar-refractivity contribution in [1.29, 1.82) is 0 Å². The van der Waals surface area contributed by atoms with E-state index in [-0.39, 0.29) is 31.1 Å². The van der Waals surface area contributed by atoms with Crippen molar-refractivity contribution >= 4 is 17.9 Å². The SMILES string of the molecule is CC/C=C\C/C=C\C/C=C\CCCCCCCC(=O)OCC(COC(=O)CCCCCCC/C=C\C/C=C\CCCCC)OC(=O)CCCCCCC/C=C\CCCCCCCC. The van der Waals surface area contributed by atoms with E-state index in [1.165, 1.54) is 77.0 Å². The molecule has 63 heavy (non-hydrogen) atoms. The van der Waals surface area contributed by atoms with Gasteiger partial charge in [0.25, 0.3) is 0 Å². The summed E-state index contributed by atoms with van der Waals surface area (Å²) in [5, 5.41) is 0. The molecular formula is C57H98O6. The fourth-order valence-corrected chi connectivity index (χ4v) is 7.19. The Morgan fingerprint density at radius 2 is 0.619 bits per heavy atom. The molecule has 0 aliphatic rings. The number of hydrogen-bond acceptors (Lipinski definition) is 6. The number of carbonyl (C=O) groups is 3. The normalized spacial score (nSPS) is 12.6. The van der Waals surface area contributed by atoms with Gasteiger partial charge < -0.3 is 14.2 Å². The summed E-state index contributed by atoms with van der Waals surface area (Å²) in [4.78, 5) is 38.0. The molecule has 6 heteroatoms. The number of allylic oxidation sites excluding steroid dienone is 12. The Labute approximate surface area is 389 Å². The van der Waals surface area contributed by atoms with E-state index < -0.39 is 6.10 Å². The van der Waals surface area contributed by atoms with Gasteiger partial charge in [-0.1, -0.05) is 196 Å². The largest absolute Gasteiger partial charge is 0.462 e. The Hall–Kier alpha value is -3.15. The molecule has 0 N–H and O–H groups in total. The first-order valence-corrected chi connectivity index (χ1v) is 26.4. The zero-order chi connectivity index (χ0) is 45.8. The average molecular weight is 879 g/mol. The summed E-state index contributed by atoms with van der Waals surface area (Å²) in [5.41, 5.74) is 0. The van der Waals surface area contributed by atoms with Gasteiger partial charge in [-0.25, -0.2) is 0 Å². The molecule has 0 amide bonds. The van der Waals surface area contributed by atoms with Gasteiger partial charge in [-0.05, 0) is 109 Å². The smallest absolute Gasteiger partial charge is 0.306 e. The molecule has 1 unspecified atom stereocenters. The van der Waals surface area contributed by atoms with Gasteiger partial charge in [0.2, 0.25) is 0 Å². The molecule has 0 bridgehead atoms. The molecule has 0 aromatic carbocycles. The van der Waals surface area contributed by atoms with Crippen LogP contribution in [0.1, 0.15) is 252 Å². The summed E-state index contributed by atoms with van der Waals surface area (Å²) < 4.78 is 16.8. The Bertz CT molecular complexity index is 1190. The predicted octanol–water partition coefficient (Wildman–Crippen LogP) is 17.4. The van der Waals surface area contributed by atoms with Crippen LogP contribution in [0.3, 0.4) is 0 Å². The van der Waals surface area contributed by atoms with E-state index >= 15 is 0 Å². The zero-order valence-electron chi connectivity index (χ0n) is 41.3. The maximum absolute atomic E-state index is 12.8. The van der Waals surface area contributed by atoms with Crippen molar-refractivity contribution < 1.29 is 28.6 Å². The highest BCUT2D eigenvalue weighted by molar-refractivity contribution is 5.71. The van der Waals surface area contributed by atoms with Crippen molar-refractivity contribution in [1.82, 2.24) is 0 Å². The van der Waals surface area contributed by atoms with Crippen LogP contribution in [0.25, 0.3) is 0 Å². The number of esters is 3. The molecule has 0 heterocycles. The third-order valence-electron chi connectivity index (χ3n) is 11.2. The summed E-state index contributed by atoms with van der Waals surface area (Å²) in [5.74, 6) is -0.927. The molecule has 0 aromatic rings. The Balaban J connectivity index is 4.45. The van der Waals surface area contributed by atoms with Crippen LogP contribution in [-0.2, 0) is 28.6 Å². The number of unbranched alkanes of at least 4 members (excludes halogenated alkanes) is 24. The molecule has 0 rings (SSSR count). The summed E-state index contributed by atoms with van der Waals surface area (Å²) in [6, 6.07) is 0. The van der Waals surface area contributed by atoms with Crippen molar-refractivity contribution in [2.45, 2.75) is 258 Å². The first kappa shape index (κ1) is 59.9. The standard InChI is InChI=1S/C57H98O6/c1-4-7-10-13-16-19-22-25-28-31-34-37-40-43-46-49-55(58)61-52-54(63-57(60)51-48-45-42-39-36-33-30-27-24-21-18-15-12-9-6-3)53-62-56(59)50-47-44-41-38-35-32-29-26-23-20-17-14-11-8-5-2/h7,10,16-17,19-20,25-30,54H,4-6,8-9,11-15,18,21-24,31-53H2,1-3H3/b10-7-,19-16-,20-17-,28-25-,29-26-,30-27-. The number of hydrogen-bond donors (Lipinski definition) is 0. The van der Waals surface area contributed by atoms with E-state index in [0.29, 0.717) is 19.3 Å². The molecule has 0 fully saturated rings. The lowest BCUT2D eigenvalue weighted by Crippen LogP contribution is -2.30. The van der Waals surface area contributed by atoms with E-state index in [1.54, 1.807) is 0 Å². The molecule has 0 saturated heterocycles. The summed E-state index contributed by atoms with van der Waals surface area (Å²) in [6.45, 7) is 6.46. The third-order valence-corrected chi connectivity index (χ3v) is 11.2. The van der Waals surface area contributed by atoms with Gasteiger partial charge in [-0.3, -0.25) is 14.4 Å². The van der Waals surface area contributed by atoms with Gasteiger partial charge >= 0.3 is 17.9 Å². The minimum atomic E-state index is -0.792. The van der Waals surface area contributed by atoms with Crippen molar-refractivity contribution in [3.63, 3.8) is 0 Å². The third kappa shape index (κ3) is 49.7. The van der Waals surface area contributed by atoms with Crippen molar-refractivity contribution in [3.05, 3.63) is 72.9 Å². The van der Waals surface area contributed by atoms with Gasteiger partial charge in [0.1, 0.15) is 13.2 Å².